The Hall–Kier alpha value is -2.39. The van der Waals surface area contributed by atoms with Crippen LogP contribution in [0.2, 0.25) is 0 Å². The van der Waals surface area contributed by atoms with Gasteiger partial charge in [-0.3, -0.25) is 9.59 Å². The maximum absolute atomic E-state index is 13.2. The lowest BCUT2D eigenvalue weighted by Crippen LogP contribution is -2.40. The van der Waals surface area contributed by atoms with Gasteiger partial charge in [0.25, 0.3) is 5.91 Å². The molecule has 2 amide bonds. The summed E-state index contributed by atoms with van der Waals surface area (Å²) in [6.07, 6.45) is 1.75. The van der Waals surface area contributed by atoms with E-state index in [0.29, 0.717) is 18.8 Å². The second-order valence-electron chi connectivity index (χ2n) is 6.02. The number of rotatable bonds is 5. The van der Waals surface area contributed by atoms with Crippen LogP contribution < -0.4 is 5.32 Å². The molecule has 26 heavy (non-hydrogen) atoms. The summed E-state index contributed by atoms with van der Waals surface area (Å²) >= 11 is 1.20. The highest BCUT2D eigenvalue weighted by molar-refractivity contribution is 7.13. The second-order valence-corrected chi connectivity index (χ2v) is 7.03. The summed E-state index contributed by atoms with van der Waals surface area (Å²) in [5, 5.41) is 11.6. The van der Waals surface area contributed by atoms with E-state index in [1.807, 2.05) is 0 Å². The Balaban J connectivity index is 1.65. The standard InChI is InChI=1S/C17H19FN4O3S/c1-25-10-14(23)22-7-3-4-11(9-22)16-20-21-17(26-16)15(24)19-13-6-2-5-12(18)8-13/h2,5-6,8,11H,3-4,7,9-10H2,1H3,(H,19,24)/t11-/m1/s1. The van der Waals surface area contributed by atoms with E-state index in [-0.39, 0.29) is 23.4 Å². The summed E-state index contributed by atoms with van der Waals surface area (Å²) in [7, 11) is 1.49. The quantitative estimate of drug-likeness (QED) is 0.863. The normalized spacial score (nSPS) is 17.2. The van der Waals surface area contributed by atoms with Crippen molar-refractivity contribution in [2.75, 3.05) is 32.1 Å². The number of piperidine rings is 1. The molecular formula is C17H19FN4O3S. The fraction of sp³-hybridized carbons (Fsp3) is 0.412. The van der Waals surface area contributed by atoms with Gasteiger partial charge in [0.2, 0.25) is 10.9 Å². The van der Waals surface area contributed by atoms with Crippen LogP contribution in [0.5, 0.6) is 0 Å². The van der Waals surface area contributed by atoms with Crippen molar-refractivity contribution in [3.63, 3.8) is 0 Å². The molecule has 1 aromatic carbocycles. The average Bonchev–Trinajstić information content (AvgIpc) is 3.12. The van der Waals surface area contributed by atoms with Gasteiger partial charge in [0.15, 0.2) is 0 Å². The fourth-order valence-corrected chi connectivity index (χ4v) is 3.73. The number of benzene rings is 1. The molecule has 2 aromatic rings. The van der Waals surface area contributed by atoms with E-state index in [9.17, 15) is 14.0 Å². The number of halogens is 1. The Bertz CT molecular complexity index is 798. The minimum Gasteiger partial charge on any atom is -0.375 e. The smallest absolute Gasteiger partial charge is 0.286 e. The number of carbonyl (C=O) groups is 2. The summed E-state index contributed by atoms with van der Waals surface area (Å²) < 4.78 is 18.1. The van der Waals surface area contributed by atoms with Gasteiger partial charge in [-0.1, -0.05) is 17.4 Å². The molecule has 7 nitrogen and oxygen atoms in total. The van der Waals surface area contributed by atoms with Crippen molar-refractivity contribution in [1.29, 1.82) is 0 Å². The van der Waals surface area contributed by atoms with E-state index < -0.39 is 11.7 Å². The predicted octanol–water partition coefficient (Wildman–Crippen LogP) is 2.28. The van der Waals surface area contributed by atoms with E-state index in [0.717, 1.165) is 17.8 Å². The van der Waals surface area contributed by atoms with Gasteiger partial charge in [0, 0.05) is 31.8 Å². The Morgan fingerprint density at radius 3 is 3.04 bits per heavy atom. The van der Waals surface area contributed by atoms with E-state index in [4.69, 9.17) is 4.74 Å². The van der Waals surface area contributed by atoms with Gasteiger partial charge in [0.05, 0.1) is 0 Å². The highest BCUT2D eigenvalue weighted by Crippen LogP contribution is 2.29. The van der Waals surface area contributed by atoms with Crippen molar-refractivity contribution in [3.8, 4) is 0 Å². The maximum atomic E-state index is 13.2. The first-order chi connectivity index (χ1) is 12.6. The van der Waals surface area contributed by atoms with Crippen LogP contribution in [0.25, 0.3) is 0 Å². The molecule has 9 heteroatoms. The van der Waals surface area contributed by atoms with Crippen LogP contribution >= 0.6 is 11.3 Å². The number of nitrogens with one attached hydrogen (secondary N) is 1. The molecule has 1 atom stereocenters. The zero-order valence-corrected chi connectivity index (χ0v) is 15.1. The van der Waals surface area contributed by atoms with Crippen molar-refractivity contribution < 1.29 is 18.7 Å². The largest absolute Gasteiger partial charge is 0.375 e. The second kappa shape index (κ2) is 8.33. The van der Waals surface area contributed by atoms with Crippen LogP contribution in [0, 0.1) is 5.82 Å². The number of likely N-dealkylation sites (tertiary alicyclic amines) is 1. The number of hydrogen-bond donors (Lipinski definition) is 1. The molecule has 1 N–H and O–H groups in total. The van der Waals surface area contributed by atoms with Gasteiger partial charge in [-0.25, -0.2) is 4.39 Å². The first-order valence-corrected chi connectivity index (χ1v) is 9.05. The number of nitrogens with zero attached hydrogens (tertiary/aromatic N) is 3. The van der Waals surface area contributed by atoms with Crippen LogP contribution in [-0.2, 0) is 9.53 Å². The third kappa shape index (κ3) is 4.41. The topological polar surface area (TPSA) is 84.4 Å². The van der Waals surface area contributed by atoms with Gasteiger partial charge in [-0.05, 0) is 31.0 Å². The van der Waals surface area contributed by atoms with Crippen molar-refractivity contribution in [3.05, 3.63) is 40.1 Å². The highest BCUT2D eigenvalue weighted by atomic mass is 32.1. The lowest BCUT2D eigenvalue weighted by Gasteiger charge is -2.31. The molecule has 1 aliphatic heterocycles. The number of hydrogen-bond acceptors (Lipinski definition) is 6. The summed E-state index contributed by atoms with van der Waals surface area (Å²) in [6, 6.07) is 5.66. The Labute approximate surface area is 154 Å². The number of aromatic nitrogens is 2. The van der Waals surface area contributed by atoms with Gasteiger partial charge in [-0.15, -0.1) is 10.2 Å². The number of ether oxygens (including phenoxy) is 1. The molecule has 138 valence electrons. The van der Waals surface area contributed by atoms with Crippen LogP contribution in [0.3, 0.4) is 0 Å². The zero-order chi connectivity index (χ0) is 18.5. The predicted molar refractivity (Wildman–Crippen MR) is 94.7 cm³/mol. The molecule has 1 saturated heterocycles. The molecule has 0 saturated carbocycles. The van der Waals surface area contributed by atoms with Gasteiger partial charge in [0.1, 0.15) is 17.4 Å². The van der Waals surface area contributed by atoms with Crippen LogP contribution in [0.4, 0.5) is 10.1 Å². The molecule has 3 rings (SSSR count). The number of carbonyl (C=O) groups excluding carboxylic acids is 2. The lowest BCUT2D eigenvalue weighted by atomic mass is 9.99. The summed E-state index contributed by atoms with van der Waals surface area (Å²) in [6.45, 7) is 1.30. The number of amides is 2. The Kier molecular flexibility index (Phi) is 5.89. The SMILES string of the molecule is COCC(=O)N1CCC[C@@H](c2nnc(C(=O)Nc3cccc(F)c3)s2)C1. The summed E-state index contributed by atoms with van der Waals surface area (Å²) in [5.74, 6) is -0.852. The van der Waals surface area contributed by atoms with E-state index in [1.165, 1.54) is 36.6 Å². The number of methoxy groups -OCH3 is 1. The molecule has 1 fully saturated rings. The van der Waals surface area contributed by atoms with Crippen molar-refractivity contribution in [2.24, 2.45) is 0 Å². The Morgan fingerprint density at radius 1 is 1.42 bits per heavy atom. The lowest BCUT2D eigenvalue weighted by molar-refractivity contribution is -0.136. The Morgan fingerprint density at radius 2 is 2.27 bits per heavy atom. The summed E-state index contributed by atoms with van der Waals surface area (Å²) in [5.41, 5.74) is 0.362. The molecule has 0 unspecified atom stereocenters. The molecule has 2 heterocycles. The molecule has 0 bridgehead atoms. The van der Waals surface area contributed by atoms with Gasteiger partial charge < -0.3 is 15.0 Å². The van der Waals surface area contributed by atoms with E-state index in [2.05, 4.69) is 15.5 Å². The van der Waals surface area contributed by atoms with Crippen LogP contribution in [0.1, 0.15) is 33.6 Å². The van der Waals surface area contributed by atoms with Crippen molar-refractivity contribution in [2.45, 2.75) is 18.8 Å². The highest BCUT2D eigenvalue weighted by Gasteiger charge is 2.28. The fourth-order valence-electron chi connectivity index (χ4n) is 2.86. The van der Waals surface area contributed by atoms with Gasteiger partial charge in [-0.2, -0.15) is 0 Å². The van der Waals surface area contributed by atoms with Gasteiger partial charge >= 0.3 is 0 Å². The van der Waals surface area contributed by atoms with Crippen LogP contribution in [-0.4, -0.2) is 53.7 Å². The monoisotopic (exact) mass is 378 g/mol. The first kappa shape index (κ1) is 18.4. The molecule has 0 aliphatic carbocycles. The molecule has 1 aliphatic rings. The summed E-state index contributed by atoms with van der Waals surface area (Å²) in [4.78, 5) is 26.0. The zero-order valence-electron chi connectivity index (χ0n) is 14.3. The van der Waals surface area contributed by atoms with Crippen molar-refractivity contribution >= 4 is 28.8 Å². The molecular weight excluding hydrogens is 359 g/mol. The van der Waals surface area contributed by atoms with E-state index >= 15 is 0 Å². The number of anilines is 1. The first-order valence-electron chi connectivity index (χ1n) is 8.24. The van der Waals surface area contributed by atoms with E-state index in [1.54, 1.807) is 11.0 Å². The minimum atomic E-state index is -0.428. The molecule has 1 aromatic heterocycles. The van der Waals surface area contributed by atoms with Crippen molar-refractivity contribution in [1.82, 2.24) is 15.1 Å². The minimum absolute atomic E-state index is 0.0502. The third-order valence-corrected chi connectivity index (χ3v) is 5.19. The third-order valence-electron chi connectivity index (χ3n) is 4.11. The maximum Gasteiger partial charge on any atom is 0.286 e. The molecule has 0 radical (unpaired) electrons. The van der Waals surface area contributed by atoms with Crippen LogP contribution in [0.15, 0.2) is 24.3 Å². The average molecular weight is 378 g/mol. The molecule has 0 spiro atoms.